The summed E-state index contributed by atoms with van der Waals surface area (Å²) in [7, 11) is 0. The minimum absolute atomic E-state index is 0.0693. The maximum absolute atomic E-state index is 12.3. The lowest BCUT2D eigenvalue weighted by atomic mass is 10.0. The van der Waals surface area contributed by atoms with Gasteiger partial charge >= 0.3 is 6.03 Å². The van der Waals surface area contributed by atoms with Crippen LogP contribution >= 0.6 is 11.6 Å². The number of hydrogen-bond acceptors (Lipinski definition) is 3. The molecule has 1 aliphatic heterocycles. The highest BCUT2D eigenvalue weighted by Gasteiger charge is 2.18. The highest BCUT2D eigenvalue weighted by atomic mass is 35.5. The molecule has 0 aromatic heterocycles. The van der Waals surface area contributed by atoms with Crippen molar-refractivity contribution in [3.05, 3.63) is 23.2 Å². The fourth-order valence-electron chi connectivity index (χ4n) is 3.11. The van der Waals surface area contributed by atoms with Crippen LogP contribution in [0.5, 0.6) is 0 Å². The third-order valence-electron chi connectivity index (χ3n) is 4.22. The van der Waals surface area contributed by atoms with Crippen molar-refractivity contribution in [3.8, 4) is 0 Å². The van der Waals surface area contributed by atoms with Gasteiger partial charge in [-0.1, -0.05) is 25.4 Å². The Kier molecular flexibility index (Phi) is 7.18. The van der Waals surface area contributed by atoms with Gasteiger partial charge in [0.15, 0.2) is 0 Å². The van der Waals surface area contributed by atoms with Crippen molar-refractivity contribution in [1.82, 2.24) is 5.32 Å². The normalized spacial score (nSPS) is 16.1. The van der Waals surface area contributed by atoms with Crippen molar-refractivity contribution in [2.24, 2.45) is 5.92 Å². The summed E-state index contributed by atoms with van der Waals surface area (Å²) in [6, 6.07) is 5.03. The molecule has 1 aromatic carbocycles. The molecule has 2 rings (SSSR count). The third-order valence-corrected chi connectivity index (χ3v) is 4.45. The van der Waals surface area contributed by atoms with Crippen LogP contribution in [-0.2, 0) is 0 Å². The van der Waals surface area contributed by atoms with Gasteiger partial charge in [0, 0.05) is 18.1 Å². The van der Waals surface area contributed by atoms with Gasteiger partial charge in [-0.3, -0.25) is 0 Å². The molecule has 1 saturated heterocycles. The number of nitrogens with zero attached hydrogens (tertiary/aromatic N) is 1. The first-order valence-electron chi connectivity index (χ1n) is 8.72. The molecule has 134 valence electrons. The summed E-state index contributed by atoms with van der Waals surface area (Å²) in [4.78, 5) is 14.6. The number of benzene rings is 1. The predicted octanol–water partition coefficient (Wildman–Crippen LogP) is 3.86. The van der Waals surface area contributed by atoms with E-state index in [2.05, 4.69) is 29.4 Å². The monoisotopic (exact) mass is 353 g/mol. The molecular formula is C18H28ClN3O2. The first kappa shape index (κ1) is 18.9. The zero-order valence-electron chi connectivity index (χ0n) is 14.5. The number of amides is 2. The van der Waals surface area contributed by atoms with E-state index >= 15 is 0 Å². The van der Waals surface area contributed by atoms with Gasteiger partial charge in [0.05, 0.1) is 24.0 Å². The van der Waals surface area contributed by atoms with E-state index in [0.717, 1.165) is 38.0 Å². The zero-order valence-corrected chi connectivity index (χ0v) is 15.3. The molecule has 1 fully saturated rings. The van der Waals surface area contributed by atoms with E-state index in [1.807, 2.05) is 12.1 Å². The highest BCUT2D eigenvalue weighted by molar-refractivity contribution is 6.31. The summed E-state index contributed by atoms with van der Waals surface area (Å²) in [6.45, 7) is 6.04. The smallest absolute Gasteiger partial charge is 0.319 e. The average molecular weight is 354 g/mol. The van der Waals surface area contributed by atoms with Crippen LogP contribution in [0.4, 0.5) is 16.2 Å². The number of nitrogens with one attached hydrogen (secondary N) is 2. The lowest BCUT2D eigenvalue weighted by Crippen LogP contribution is -2.41. The second-order valence-electron chi connectivity index (χ2n) is 6.82. The van der Waals surface area contributed by atoms with E-state index in [0.29, 0.717) is 16.6 Å². The van der Waals surface area contributed by atoms with Crippen LogP contribution < -0.4 is 15.5 Å². The average Bonchev–Trinajstić information content (AvgIpc) is 2.54. The Morgan fingerprint density at radius 2 is 2.00 bits per heavy atom. The van der Waals surface area contributed by atoms with Gasteiger partial charge in [0.2, 0.25) is 0 Å². The topological polar surface area (TPSA) is 64.6 Å². The van der Waals surface area contributed by atoms with Gasteiger partial charge in [-0.15, -0.1) is 0 Å². The van der Waals surface area contributed by atoms with Crippen molar-refractivity contribution in [1.29, 1.82) is 0 Å². The molecule has 0 aliphatic carbocycles. The van der Waals surface area contributed by atoms with E-state index in [1.165, 1.54) is 6.42 Å². The van der Waals surface area contributed by atoms with Gasteiger partial charge in [-0.05, 0) is 49.8 Å². The van der Waals surface area contributed by atoms with E-state index < -0.39 is 0 Å². The van der Waals surface area contributed by atoms with Crippen LogP contribution in [0.15, 0.2) is 18.2 Å². The summed E-state index contributed by atoms with van der Waals surface area (Å²) >= 11 is 6.11. The lowest BCUT2D eigenvalue weighted by Gasteiger charge is -2.30. The number of urea groups is 1. The van der Waals surface area contributed by atoms with Crippen molar-refractivity contribution in [3.63, 3.8) is 0 Å². The number of carbonyl (C=O) groups is 1. The summed E-state index contributed by atoms with van der Waals surface area (Å²) < 4.78 is 0. The molecule has 1 aliphatic rings. The molecule has 6 heteroatoms. The Morgan fingerprint density at radius 1 is 1.29 bits per heavy atom. The minimum atomic E-state index is -0.310. The summed E-state index contributed by atoms with van der Waals surface area (Å²) in [6.07, 6.45) is 4.31. The number of anilines is 2. The molecule has 1 unspecified atom stereocenters. The molecule has 0 saturated carbocycles. The number of carbonyl (C=O) groups excluding carboxylic acids is 1. The Balaban J connectivity index is 2.07. The second-order valence-corrected chi connectivity index (χ2v) is 7.25. The largest absolute Gasteiger partial charge is 0.394 e. The number of piperidine rings is 1. The van der Waals surface area contributed by atoms with Gasteiger partial charge in [0.1, 0.15) is 0 Å². The molecular weight excluding hydrogens is 326 g/mol. The third kappa shape index (κ3) is 5.56. The summed E-state index contributed by atoms with van der Waals surface area (Å²) in [5, 5.41) is 15.7. The second kappa shape index (κ2) is 9.14. The molecule has 1 aromatic rings. The first-order chi connectivity index (χ1) is 11.5. The van der Waals surface area contributed by atoms with Crippen molar-refractivity contribution < 1.29 is 9.90 Å². The van der Waals surface area contributed by atoms with Crippen LogP contribution in [0.25, 0.3) is 0 Å². The highest BCUT2D eigenvalue weighted by Crippen LogP contribution is 2.31. The predicted molar refractivity (Wildman–Crippen MR) is 100.0 cm³/mol. The summed E-state index contributed by atoms with van der Waals surface area (Å²) in [5.41, 5.74) is 1.71. The molecule has 3 N–H and O–H groups in total. The van der Waals surface area contributed by atoms with E-state index in [-0.39, 0.29) is 18.7 Å². The van der Waals surface area contributed by atoms with Crippen molar-refractivity contribution >= 4 is 29.0 Å². The first-order valence-corrected chi connectivity index (χ1v) is 9.10. The number of aliphatic hydroxyl groups excluding tert-OH is 1. The van der Waals surface area contributed by atoms with Crippen molar-refractivity contribution in [2.45, 2.75) is 45.6 Å². The molecule has 24 heavy (non-hydrogen) atoms. The SMILES string of the molecule is CC(C)CC(CO)NC(=O)Nc1cc(Cl)ccc1N1CCCCC1. The maximum atomic E-state index is 12.3. The van der Waals surface area contributed by atoms with Crippen LogP contribution in [-0.4, -0.2) is 36.9 Å². The summed E-state index contributed by atoms with van der Waals surface area (Å²) in [5.74, 6) is 0.400. The van der Waals surface area contributed by atoms with Crippen molar-refractivity contribution in [2.75, 3.05) is 29.9 Å². The van der Waals surface area contributed by atoms with Crippen LogP contribution in [0.2, 0.25) is 5.02 Å². The standard InChI is InChI=1S/C18H28ClN3O2/c1-13(2)10-15(12-23)20-18(24)21-16-11-14(19)6-7-17(16)22-8-4-3-5-9-22/h6-7,11,13,15,23H,3-5,8-10,12H2,1-2H3,(H2,20,21,24). The number of halogens is 1. The quantitative estimate of drug-likeness (QED) is 0.727. The van der Waals surface area contributed by atoms with E-state index in [1.54, 1.807) is 6.07 Å². The Morgan fingerprint density at radius 3 is 2.62 bits per heavy atom. The molecule has 0 radical (unpaired) electrons. The van der Waals surface area contributed by atoms with Gasteiger partial charge < -0.3 is 20.6 Å². The Bertz CT molecular complexity index is 545. The lowest BCUT2D eigenvalue weighted by molar-refractivity contribution is 0.214. The molecule has 1 atom stereocenters. The minimum Gasteiger partial charge on any atom is -0.394 e. The maximum Gasteiger partial charge on any atom is 0.319 e. The van der Waals surface area contributed by atoms with Gasteiger partial charge in [-0.25, -0.2) is 4.79 Å². The molecule has 0 bridgehead atoms. The zero-order chi connectivity index (χ0) is 17.5. The van der Waals surface area contributed by atoms with Gasteiger partial charge in [0.25, 0.3) is 0 Å². The fraction of sp³-hybridized carbons (Fsp3) is 0.611. The molecule has 2 amide bonds. The van der Waals surface area contributed by atoms with E-state index in [4.69, 9.17) is 11.6 Å². The molecule has 5 nitrogen and oxygen atoms in total. The van der Waals surface area contributed by atoms with Crippen LogP contribution in [0.3, 0.4) is 0 Å². The number of rotatable bonds is 6. The van der Waals surface area contributed by atoms with Gasteiger partial charge in [-0.2, -0.15) is 0 Å². The molecule has 0 spiro atoms. The Hall–Kier alpha value is -1.46. The number of hydrogen-bond donors (Lipinski definition) is 3. The van der Waals surface area contributed by atoms with E-state index in [9.17, 15) is 9.90 Å². The number of aliphatic hydroxyl groups is 1. The molecule has 1 heterocycles. The van der Waals surface area contributed by atoms with Crippen LogP contribution in [0.1, 0.15) is 39.5 Å². The Labute approximate surface area is 149 Å². The fourth-order valence-corrected chi connectivity index (χ4v) is 3.28. The van der Waals surface area contributed by atoms with Crippen LogP contribution in [0, 0.1) is 5.92 Å².